The van der Waals surface area contributed by atoms with Gasteiger partial charge in [0, 0.05) is 27.7 Å². The smallest absolute Gasteiger partial charge is 0.304 e. The number of nitrogens with one attached hydrogen (secondary N) is 1. The molecule has 0 saturated carbocycles. The normalized spacial score (nSPS) is 12.2. The number of nitrogens with zero attached hydrogens (tertiary/aromatic N) is 3. The van der Waals surface area contributed by atoms with E-state index in [1.54, 1.807) is 31.2 Å². The van der Waals surface area contributed by atoms with Crippen molar-refractivity contribution in [2.45, 2.75) is 19.5 Å². The second kappa shape index (κ2) is 11.1. The molecule has 2 amide bonds. The highest BCUT2D eigenvalue weighted by Gasteiger charge is 2.32. The van der Waals surface area contributed by atoms with Gasteiger partial charge in [0.05, 0.1) is 12.8 Å². The molecule has 0 aliphatic carbocycles. The van der Waals surface area contributed by atoms with Crippen molar-refractivity contribution < 1.29 is 27.1 Å². The minimum Gasteiger partial charge on any atom is -0.497 e. The zero-order valence-corrected chi connectivity index (χ0v) is 20.1. The van der Waals surface area contributed by atoms with Gasteiger partial charge in [-0.15, -0.1) is 0 Å². The molecule has 11 heteroatoms. The van der Waals surface area contributed by atoms with Crippen molar-refractivity contribution >= 4 is 27.7 Å². The second-order valence-corrected chi connectivity index (χ2v) is 9.50. The first-order valence-electron chi connectivity index (χ1n) is 10.1. The van der Waals surface area contributed by atoms with E-state index in [0.29, 0.717) is 11.3 Å². The summed E-state index contributed by atoms with van der Waals surface area (Å²) in [5.74, 6) is -0.977. The van der Waals surface area contributed by atoms with E-state index in [0.717, 1.165) is 20.7 Å². The van der Waals surface area contributed by atoms with Gasteiger partial charge in [0.15, 0.2) is 0 Å². The number of halogens is 1. The Morgan fingerprint density at radius 3 is 2.30 bits per heavy atom. The summed E-state index contributed by atoms with van der Waals surface area (Å²) >= 11 is 0. The number of amides is 2. The highest BCUT2D eigenvalue weighted by atomic mass is 32.2. The van der Waals surface area contributed by atoms with Crippen LogP contribution in [0.4, 0.5) is 10.1 Å². The minimum atomic E-state index is -4.09. The van der Waals surface area contributed by atoms with Gasteiger partial charge in [0.25, 0.3) is 0 Å². The number of benzene rings is 2. The highest BCUT2D eigenvalue weighted by Crippen LogP contribution is 2.22. The summed E-state index contributed by atoms with van der Waals surface area (Å²) < 4.78 is 46.4. The number of hydrogen-bond donors (Lipinski definition) is 1. The molecule has 1 atom stereocenters. The zero-order chi connectivity index (χ0) is 24.8. The number of rotatable bonds is 10. The Morgan fingerprint density at radius 1 is 1.12 bits per heavy atom. The number of ether oxygens (including phenoxy) is 1. The maximum atomic E-state index is 13.4. The van der Waals surface area contributed by atoms with Crippen molar-refractivity contribution in [2.75, 3.05) is 39.1 Å². The molecule has 0 aliphatic rings. The van der Waals surface area contributed by atoms with Gasteiger partial charge in [-0.05, 0) is 48.9 Å². The summed E-state index contributed by atoms with van der Waals surface area (Å²) in [6.07, 6.45) is 0. The number of likely N-dealkylation sites (N-methyl/N-ethyl adjacent to an activating group) is 1. The lowest BCUT2D eigenvalue weighted by Crippen LogP contribution is -2.52. The van der Waals surface area contributed by atoms with Gasteiger partial charge in [-0.25, -0.2) is 8.70 Å². The van der Waals surface area contributed by atoms with E-state index in [1.807, 2.05) is 0 Å². The van der Waals surface area contributed by atoms with E-state index in [-0.39, 0.29) is 12.2 Å². The van der Waals surface area contributed by atoms with Crippen LogP contribution in [0.15, 0.2) is 48.5 Å². The lowest BCUT2D eigenvalue weighted by Gasteiger charge is -2.32. The fourth-order valence-corrected chi connectivity index (χ4v) is 4.14. The number of methoxy groups -OCH3 is 1. The van der Waals surface area contributed by atoms with Crippen LogP contribution in [0.2, 0.25) is 0 Å². The molecule has 2 rings (SSSR count). The fourth-order valence-electron chi connectivity index (χ4n) is 3.08. The van der Waals surface area contributed by atoms with Crippen LogP contribution >= 0.6 is 0 Å². The Labute approximate surface area is 193 Å². The SMILES string of the molecule is CNC(=O)[C@@H](C)N(Cc1cccc(OC)c1)C(=O)CN(c1ccc(F)cc1)S(=O)(=O)N(C)C. The molecule has 1 N–H and O–H groups in total. The van der Waals surface area contributed by atoms with Crippen molar-refractivity contribution in [1.82, 2.24) is 14.5 Å². The Kier molecular flexibility index (Phi) is 8.77. The molecule has 0 aliphatic heterocycles. The van der Waals surface area contributed by atoms with Crippen LogP contribution in [-0.2, 0) is 26.3 Å². The molecule has 0 fully saturated rings. The predicted molar refractivity (Wildman–Crippen MR) is 123 cm³/mol. The molecule has 0 heterocycles. The third-order valence-electron chi connectivity index (χ3n) is 5.03. The maximum absolute atomic E-state index is 13.4. The first-order chi connectivity index (χ1) is 15.5. The lowest BCUT2D eigenvalue weighted by molar-refractivity contribution is -0.139. The topological polar surface area (TPSA) is 99.3 Å². The predicted octanol–water partition coefficient (Wildman–Crippen LogP) is 1.61. The van der Waals surface area contributed by atoms with Crippen molar-refractivity contribution in [1.29, 1.82) is 0 Å². The first-order valence-corrected chi connectivity index (χ1v) is 11.5. The summed E-state index contributed by atoms with van der Waals surface area (Å²) in [6, 6.07) is 10.9. The molecule has 2 aromatic carbocycles. The molecule has 2 aromatic rings. The van der Waals surface area contributed by atoms with E-state index in [4.69, 9.17) is 4.74 Å². The van der Waals surface area contributed by atoms with Crippen molar-refractivity contribution in [3.8, 4) is 5.75 Å². The summed E-state index contributed by atoms with van der Waals surface area (Å²) in [6.45, 7) is 1.01. The maximum Gasteiger partial charge on any atom is 0.304 e. The van der Waals surface area contributed by atoms with Gasteiger partial charge in [-0.2, -0.15) is 12.7 Å². The van der Waals surface area contributed by atoms with E-state index >= 15 is 0 Å². The van der Waals surface area contributed by atoms with Crippen LogP contribution in [-0.4, -0.2) is 70.3 Å². The third-order valence-corrected chi connectivity index (χ3v) is 6.85. The zero-order valence-electron chi connectivity index (χ0n) is 19.3. The first kappa shape index (κ1) is 26.1. The Bertz CT molecular complexity index is 1080. The largest absolute Gasteiger partial charge is 0.497 e. The molecule has 180 valence electrons. The van der Waals surface area contributed by atoms with Gasteiger partial charge in [-0.1, -0.05) is 12.1 Å². The van der Waals surface area contributed by atoms with Crippen molar-refractivity contribution in [3.05, 3.63) is 59.9 Å². The summed E-state index contributed by atoms with van der Waals surface area (Å²) in [4.78, 5) is 27.0. The van der Waals surface area contributed by atoms with E-state index in [1.165, 1.54) is 45.3 Å². The van der Waals surface area contributed by atoms with Crippen LogP contribution in [0.25, 0.3) is 0 Å². The summed E-state index contributed by atoms with van der Waals surface area (Å²) in [5, 5.41) is 2.51. The number of carbonyl (C=O) groups excluding carboxylic acids is 2. The lowest BCUT2D eigenvalue weighted by atomic mass is 10.1. The number of anilines is 1. The highest BCUT2D eigenvalue weighted by molar-refractivity contribution is 7.90. The van der Waals surface area contributed by atoms with Crippen LogP contribution in [0.1, 0.15) is 12.5 Å². The Morgan fingerprint density at radius 2 is 1.76 bits per heavy atom. The van der Waals surface area contributed by atoms with Gasteiger partial charge in [0.2, 0.25) is 11.8 Å². The van der Waals surface area contributed by atoms with Crippen LogP contribution in [0.3, 0.4) is 0 Å². The number of carbonyl (C=O) groups is 2. The second-order valence-electron chi connectivity index (χ2n) is 7.44. The van der Waals surface area contributed by atoms with E-state index in [9.17, 15) is 22.4 Å². The summed E-state index contributed by atoms with van der Waals surface area (Å²) in [7, 11) is 1.54. The van der Waals surface area contributed by atoms with Crippen molar-refractivity contribution in [2.24, 2.45) is 0 Å². The van der Waals surface area contributed by atoms with Gasteiger partial charge < -0.3 is 15.0 Å². The summed E-state index contributed by atoms with van der Waals surface area (Å²) in [5.41, 5.74) is 0.814. The molecule has 9 nitrogen and oxygen atoms in total. The number of hydrogen-bond acceptors (Lipinski definition) is 5. The van der Waals surface area contributed by atoms with Gasteiger partial charge in [-0.3, -0.25) is 9.59 Å². The third kappa shape index (κ3) is 6.42. The molecule has 0 radical (unpaired) electrons. The molecule has 33 heavy (non-hydrogen) atoms. The quantitative estimate of drug-likeness (QED) is 0.557. The minimum absolute atomic E-state index is 0.0455. The van der Waals surface area contributed by atoms with E-state index < -0.39 is 40.4 Å². The van der Waals surface area contributed by atoms with Crippen LogP contribution in [0.5, 0.6) is 5.75 Å². The molecule has 0 saturated heterocycles. The van der Waals surface area contributed by atoms with Crippen molar-refractivity contribution in [3.63, 3.8) is 0 Å². The molecule has 0 aromatic heterocycles. The fraction of sp³-hybridized carbons (Fsp3) is 0.364. The average Bonchev–Trinajstić information content (AvgIpc) is 2.80. The molecular weight excluding hydrogens is 451 g/mol. The van der Waals surface area contributed by atoms with E-state index in [2.05, 4.69) is 5.32 Å². The van der Waals surface area contributed by atoms with Crippen LogP contribution < -0.4 is 14.4 Å². The Balaban J connectivity index is 2.44. The Hall–Kier alpha value is -3.18. The molecule has 0 bridgehead atoms. The molecule has 0 unspecified atom stereocenters. The van der Waals surface area contributed by atoms with Crippen LogP contribution in [0, 0.1) is 5.82 Å². The van der Waals surface area contributed by atoms with Gasteiger partial charge in [0.1, 0.15) is 24.2 Å². The molecular formula is C22H29FN4O5S. The average molecular weight is 481 g/mol. The van der Waals surface area contributed by atoms with Gasteiger partial charge >= 0.3 is 10.2 Å². The monoisotopic (exact) mass is 480 g/mol. The molecule has 0 spiro atoms. The standard InChI is InChI=1S/C22H29FN4O5S/c1-16(22(29)24-2)26(14-17-7-6-8-20(13-17)32-5)21(28)15-27(33(30,31)25(3)4)19-11-9-18(23)10-12-19/h6-13,16H,14-15H2,1-5H3,(H,24,29)/t16-/m1/s1.